The molecule has 0 radical (unpaired) electrons. The summed E-state index contributed by atoms with van der Waals surface area (Å²) in [5.41, 5.74) is 3.57. The van der Waals surface area contributed by atoms with Crippen LogP contribution < -0.4 is 10.2 Å². The Kier molecular flexibility index (Phi) is 4.79. The molecule has 0 atom stereocenters. The lowest BCUT2D eigenvalue weighted by atomic mass is 10.2. The standard InChI is InChI=1S/C12H17NO3/c1-9(2)12(14)16-13-8-10-6-4-5-7-11(10)15-3/h4-7,9,13H,8H2,1-3H3. The molecule has 0 saturated carbocycles. The first-order chi connectivity index (χ1) is 7.65. The number of para-hydroxylation sites is 1. The van der Waals surface area contributed by atoms with E-state index in [0.717, 1.165) is 11.3 Å². The third kappa shape index (κ3) is 3.55. The van der Waals surface area contributed by atoms with Crippen molar-refractivity contribution in [3.63, 3.8) is 0 Å². The van der Waals surface area contributed by atoms with Crippen molar-refractivity contribution in [1.82, 2.24) is 5.48 Å². The first-order valence-corrected chi connectivity index (χ1v) is 5.20. The molecule has 88 valence electrons. The van der Waals surface area contributed by atoms with Crippen LogP contribution >= 0.6 is 0 Å². The fourth-order valence-electron chi connectivity index (χ4n) is 1.15. The van der Waals surface area contributed by atoms with Gasteiger partial charge in [0.2, 0.25) is 0 Å². The average molecular weight is 223 g/mol. The number of carbonyl (C=O) groups is 1. The molecule has 0 saturated heterocycles. The fourth-order valence-corrected chi connectivity index (χ4v) is 1.15. The number of methoxy groups -OCH3 is 1. The number of hydroxylamine groups is 1. The lowest BCUT2D eigenvalue weighted by Gasteiger charge is -2.10. The highest BCUT2D eigenvalue weighted by molar-refractivity contribution is 5.71. The highest BCUT2D eigenvalue weighted by Crippen LogP contribution is 2.16. The smallest absolute Gasteiger partial charge is 0.327 e. The predicted molar refractivity (Wildman–Crippen MR) is 60.8 cm³/mol. The molecular weight excluding hydrogens is 206 g/mol. The van der Waals surface area contributed by atoms with E-state index in [2.05, 4.69) is 5.48 Å². The summed E-state index contributed by atoms with van der Waals surface area (Å²) in [7, 11) is 1.61. The summed E-state index contributed by atoms with van der Waals surface area (Å²) in [4.78, 5) is 16.0. The Morgan fingerprint density at radius 1 is 1.38 bits per heavy atom. The van der Waals surface area contributed by atoms with Gasteiger partial charge in [0.25, 0.3) is 0 Å². The van der Waals surface area contributed by atoms with Gasteiger partial charge < -0.3 is 9.57 Å². The lowest BCUT2D eigenvalue weighted by Crippen LogP contribution is -2.23. The number of carbonyl (C=O) groups excluding carboxylic acids is 1. The van der Waals surface area contributed by atoms with Crippen LogP contribution in [-0.4, -0.2) is 13.1 Å². The second-order valence-electron chi connectivity index (χ2n) is 3.71. The maximum atomic E-state index is 11.2. The molecule has 0 aromatic heterocycles. The van der Waals surface area contributed by atoms with Gasteiger partial charge >= 0.3 is 5.97 Å². The molecule has 1 aromatic rings. The highest BCUT2D eigenvalue weighted by Gasteiger charge is 2.08. The van der Waals surface area contributed by atoms with E-state index in [4.69, 9.17) is 9.57 Å². The molecule has 0 amide bonds. The van der Waals surface area contributed by atoms with Crippen molar-refractivity contribution in [2.24, 2.45) is 5.92 Å². The van der Waals surface area contributed by atoms with Crippen molar-refractivity contribution in [1.29, 1.82) is 0 Å². The van der Waals surface area contributed by atoms with Crippen molar-refractivity contribution in [3.8, 4) is 5.75 Å². The Balaban J connectivity index is 2.45. The molecule has 0 aliphatic heterocycles. The van der Waals surface area contributed by atoms with E-state index in [9.17, 15) is 4.79 Å². The molecular formula is C12H17NO3. The third-order valence-corrected chi connectivity index (χ3v) is 2.10. The quantitative estimate of drug-likeness (QED) is 0.774. The Morgan fingerprint density at radius 3 is 2.69 bits per heavy atom. The predicted octanol–water partition coefficient (Wildman–Crippen LogP) is 1.90. The van der Waals surface area contributed by atoms with Gasteiger partial charge in [0.1, 0.15) is 5.75 Å². The van der Waals surface area contributed by atoms with Crippen LogP contribution in [0.5, 0.6) is 5.75 Å². The molecule has 0 aliphatic rings. The van der Waals surface area contributed by atoms with Gasteiger partial charge in [0, 0.05) is 5.56 Å². The number of hydrogen-bond acceptors (Lipinski definition) is 4. The lowest BCUT2D eigenvalue weighted by molar-refractivity contribution is -0.155. The second kappa shape index (κ2) is 6.12. The molecule has 16 heavy (non-hydrogen) atoms. The van der Waals surface area contributed by atoms with E-state index in [1.54, 1.807) is 21.0 Å². The zero-order valence-corrected chi connectivity index (χ0v) is 9.82. The minimum Gasteiger partial charge on any atom is -0.496 e. The number of nitrogens with one attached hydrogen (secondary N) is 1. The van der Waals surface area contributed by atoms with Gasteiger partial charge in [-0.05, 0) is 6.07 Å². The zero-order chi connectivity index (χ0) is 12.0. The van der Waals surface area contributed by atoms with Crippen LogP contribution in [0, 0.1) is 5.92 Å². The topological polar surface area (TPSA) is 47.6 Å². The number of ether oxygens (including phenoxy) is 1. The van der Waals surface area contributed by atoms with Gasteiger partial charge in [0.15, 0.2) is 0 Å². The normalized spacial score (nSPS) is 10.2. The van der Waals surface area contributed by atoms with E-state index >= 15 is 0 Å². The van der Waals surface area contributed by atoms with Crippen molar-refractivity contribution in [3.05, 3.63) is 29.8 Å². The summed E-state index contributed by atoms with van der Waals surface area (Å²) < 4.78 is 5.17. The van der Waals surface area contributed by atoms with Gasteiger partial charge in [-0.15, -0.1) is 5.48 Å². The van der Waals surface area contributed by atoms with Crippen molar-refractivity contribution < 1.29 is 14.4 Å². The molecule has 0 heterocycles. The van der Waals surface area contributed by atoms with Crippen molar-refractivity contribution in [2.45, 2.75) is 20.4 Å². The summed E-state index contributed by atoms with van der Waals surface area (Å²) in [6, 6.07) is 7.57. The van der Waals surface area contributed by atoms with E-state index in [1.807, 2.05) is 24.3 Å². The summed E-state index contributed by atoms with van der Waals surface area (Å²) in [6.07, 6.45) is 0. The van der Waals surface area contributed by atoms with Crippen LogP contribution in [0.4, 0.5) is 0 Å². The molecule has 0 spiro atoms. The molecule has 0 aliphatic carbocycles. The molecule has 0 fully saturated rings. The van der Waals surface area contributed by atoms with E-state index in [-0.39, 0.29) is 11.9 Å². The largest absolute Gasteiger partial charge is 0.496 e. The molecule has 4 nitrogen and oxygen atoms in total. The van der Waals surface area contributed by atoms with Crippen LogP contribution in [0.3, 0.4) is 0 Å². The maximum absolute atomic E-state index is 11.2. The Bertz CT molecular complexity index is 350. The van der Waals surface area contributed by atoms with Crippen molar-refractivity contribution in [2.75, 3.05) is 7.11 Å². The Labute approximate surface area is 95.5 Å². The van der Waals surface area contributed by atoms with E-state index < -0.39 is 0 Å². The molecule has 1 N–H and O–H groups in total. The van der Waals surface area contributed by atoms with Crippen LogP contribution in [0.15, 0.2) is 24.3 Å². The van der Waals surface area contributed by atoms with Gasteiger partial charge in [-0.1, -0.05) is 32.0 Å². The maximum Gasteiger partial charge on any atom is 0.327 e. The fraction of sp³-hybridized carbons (Fsp3) is 0.417. The number of benzene rings is 1. The molecule has 1 aromatic carbocycles. The molecule has 0 unspecified atom stereocenters. The zero-order valence-electron chi connectivity index (χ0n) is 9.82. The van der Waals surface area contributed by atoms with Crippen LogP contribution in [0.25, 0.3) is 0 Å². The molecule has 4 heteroatoms. The summed E-state index contributed by atoms with van der Waals surface area (Å²) in [5.74, 6) is 0.371. The van der Waals surface area contributed by atoms with E-state index in [1.165, 1.54) is 0 Å². The van der Waals surface area contributed by atoms with Gasteiger partial charge in [0.05, 0.1) is 19.6 Å². The summed E-state index contributed by atoms with van der Waals surface area (Å²) >= 11 is 0. The Hall–Kier alpha value is -1.55. The SMILES string of the molecule is COc1ccccc1CNOC(=O)C(C)C. The van der Waals surface area contributed by atoms with Crippen LogP contribution in [0.1, 0.15) is 19.4 Å². The first-order valence-electron chi connectivity index (χ1n) is 5.20. The Morgan fingerprint density at radius 2 is 2.06 bits per heavy atom. The van der Waals surface area contributed by atoms with Crippen molar-refractivity contribution >= 4 is 5.97 Å². The monoisotopic (exact) mass is 223 g/mol. The third-order valence-electron chi connectivity index (χ3n) is 2.10. The first kappa shape index (κ1) is 12.5. The van der Waals surface area contributed by atoms with E-state index in [0.29, 0.717) is 6.54 Å². The minimum absolute atomic E-state index is 0.134. The molecule has 0 bridgehead atoms. The summed E-state index contributed by atoms with van der Waals surface area (Å²) in [6.45, 7) is 4.00. The number of rotatable bonds is 5. The van der Waals surface area contributed by atoms with Gasteiger partial charge in [-0.3, -0.25) is 4.79 Å². The van der Waals surface area contributed by atoms with Gasteiger partial charge in [-0.25, -0.2) is 0 Å². The molecule has 1 rings (SSSR count). The van der Waals surface area contributed by atoms with Crippen LogP contribution in [-0.2, 0) is 16.2 Å². The highest BCUT2D eigenvalue weighted by atomic mass is 16.7. The second-order valence-corrected chi connectivity index (χ2v) is 3.71. The van der Waals surface area contributed by atoms with Gasteiger partial charge in [-0.2, -0.15) is 0 Å². The minimum atomic E-state index is -0.269. The van der Waals surface area contributed by atoms with Crippen LogP contribution in [0.2, 0.25) is 0 Å². The summed E-state index contributed by atoms with van der Waals surface area (Å²) in [5, 5.41) is 0. The number of hydrogen-bond donors (Lipinski definition) is 1. The average Bonchev–Trinajstić information content (AvgIpc) is 2.29.